The number of halogens is 7. The van der Waals surface area contributed by atoms with Gasteiger partial charge in [-0.3, -0.25) is 14.6 Å². The number of rotatable bonds is 7. The van der Waals surface area contributed by atoms with Crippen LogP contribution in [-0.4, -0.2) is 57.6 Å². The van der Waals surface area contributed by atoms with Crippen LogP contribution >= 0.6 is 0 Å². The Bertz CT molecular complexity index is 1610. The second-order valence-electron chi connectivity index (χ2n) is 10.7. The largest absolute Gasteiger partial charge is 0.427 e. The van der Waals surface area contributed by atoms with Crippen LogP contribution < -0.4 is 0 Å². The summed E-state index contributed by atoms with van der Waals surface area (Å²) in [6.45, 7) is -0.828. The average Bonchev–Trinajstić information content (AvgIpc) is 3.42. The summed E-state index contributed by atoms with van der Waals surface area (Å²) in [5.74, 6) is -2.72. The van der Waals surface area contributed by atoms with Crippen LogP contribution in [0.3, 0.4) is 0 Å². The number of ether oxygens (including phenoxy) is 1. The van der Waals surface area contributed by atoms with Crippen LogP contribution in [0.4, 0.5) is 35.5 Å². The van der Waals surface area contributed by atoms with Gasteiger partial charge in [-0.1, -0.05) is 30.3 Å². The molecule has 1 saturated heterocycles. The summed E-state index contributed by atoms with van der Waals surface area (Å²) < 4.78 is 98.4. The first kappa shape index (κ1) is 31.0. The summed E-state index contributed by atoms with van der Waals surface area (Å²) in [6.07, 6.45) is -8.89. The van der Waals surface area contributed by atoms with Crippen molar-refractivity contribution in [1.29, 1.82) is 0 Å². The third kappa shape index (κ3) is 6.10. The van der Waals surface area contributed by atoms with Gasteiger partial charge in [0.1, 0.15) is 18.4 Å². The van der Waals surface area contributed by atoms with Crippen LogP contribution in [0.15, 0.2) is 60.9 Å². The molecule has 2 aromatic carbocycles. The molecule has 2 atom stereocenters. The number of aryl methyl sites for hydroxylation is 1. The highest BCUT2D eigenvalue weighted by Crippen LogP contribution is 2.46. The van der Waals surface area contributed by atoms with Crippen molar-refractivity contribution in [3.63, 3.8) is 0 Å². The molecule has 7 nitrogen and oxygen atoms in total. The lowest BCUT2D eigenvalue weighted by atomic mass is 9.93. The third-order valence-electron chi connectivity index (χ3n) is 7.71. The molecule has 1 aliphatic carbocycles. The van der Waals surface area contributed by atoms with E-state index >= 15 is 0 Å². The number of carbonyl (C=O) groups is 3. The van der Waals surface area contributed by atoms with Gasteiger partial charge in [-0.15, -0.1) is 0 Å². The Hall–Kier alpha value is -4.49. The molecule has 0 saturated carbocycles. The Kier molecular flexibility index (Phi) is 7.89. The summed E-state index contributed by atoms with van der Waals surface area (Å²) in [5, 5.41) is 0. The number of aromatic nitrogens is 1. The highest BCUT2D eigenvalue weighted by atomic mass is 19.4. The van der Waals surface area contributed by atoms with E-state index in [4.69, 9.17) is 4.74 Å². The third-order valence-corrected chi connectivity index (χ3v) is 7.71. The first-order valence-electron chi connectivity index (χ1n) is 13.4. The van der Waals surface area contributed by atoms with Gasteiger partial charge in [0, 0.05) is 36.5 Å². The average molecular weight is 624 g/mol. The zero-order valence-corrected chi connectivity index (χ0v) is 23.0. The fourth-order valence-electron chi connectivity index (χ4n) is 5.44. The normalized spacial score (nSPS) is 18.9. The van der Waals surface area contributed by atoms with E-state index in [1.165, 1.54) is 36.5 Å². The van der Waals surface area contributed by atoms with E-state index in [-0.39, 0.29) is 24.0 Å². The van der Waals surface area contributed by atoms with Crippen molar-refractivity contribution in [2.75, 3.05) is 6.54 Å². The number of hydrogen-bond donors (Lipinski definition) is 0. The van der Waals surface area contributed by atoms with E-state index in [0.717, 1.165) is 25.3 Å². The van der Waals surface area contributed by atoms with Crippen molar-refractivity contribution in [1.82, 2.24) is 14.8 Å². The van der Waals surface area contributed by atoms with Crippen LogP contribution in [0, 0.1) is 5.82 Å². The molecule has 0 bridgehead atoms. The lowest BCUT2D eigenvalue weighted by Gasteiger charge is -2.31. The molecule has 0 N–H and O–H groups in total. The molecule has 0 unspecified atom stereocenters. The van der Waals surface area contributed by atoms with Gasteiger partial charge in [0.15, 0.2) is 0 Å². The fourth-order valence-corrected chi connectivity index (χ4v) is 5.44. The van der Waals surface area contributed by atoms with Gasteiger partial charge in [0.25, 0.3) is 5.91 Å². The predicted molar refractivity (Wildman–Crippen MR) is 140 cm³/mol. The summed E-state index contributed by atoms with van der Waals surface area (Å²) in [4.78, 5) is 44.4. The monoisotopic (exact) mass is 623 g/mol. The van der Waals surface area contributed by atoms with E-state index in [9.17, 15) is 45.1 Å². The van der Waals surface area contributed by atoms with Gasteiger partial charge in [0.2, 0.25) is 11.5 Å². The minimum atomic E-state index is -4.84. The Labute approximate surface area is 246 Å². The molecule has 3 amide bonds. The van der Waals surface area contributed by atoms with Crippen molar-refractivity contribution in [2.45, 2.75) is 56.7 Å². The van der Waals surface area contributed by atoms with Crippen molar-refractivity contribution in [3.8, 4) is 11.1 Å². The van der Waals surface area contributed by atoms with Crippen LogP contribution in [0.25, 0.3) is 11.1 Å². The fraction of sp³-hybridized carbons (Fsp3) is 0.333. The van der Waals surface area contributed by atoms with Crippen molar-refractivity contribution in [3.05, 3.63) is 89.0 Å². The molecule has 2 aliphatic rings. The maximum absolute atomic E-state index is 13.7. The topological polar surface area (TPSA) is 79.8 Å². The van der Waals surface area contributed by atoms with Crippen molar-refractivity contribution in [2.24, 2.45) is 0 Å². The lowest BCUT2D eigenvalue weighted by molar-refractivity contribution is -0.187. The predicted octanol–water partition coefficient (Wildman–Crippen LogP) is 6.09. The number of carbonyl (C=O) groups excluding carboxylic acids is 3. The maximum atomic E-state index is 13.7. The number of pyridine rings is 1. The first-order chi connectivity index (χ1) is 20.6. The molecule has 44 heavy (non-hydrogen) atoms. The van der Waals surface area contributed by atoms with Crippen LogP contribution in [-0.2, 0) is 39.3 Å². The Morgan fingerprint density at radius 3 is 2.36 bits per heavy atom. The Morgan fingerprint density at radius 1 is 1.00 bits per heavy atom. The zero-order chi connectivity index (χ0) is 32.0. The molecule has 14 heteroatoms. The minimum absolute atomic E-state index is 0.00827. The van der Waals surface area contributed by atoms with Gasteiger partial charge in [-0.05, 0) is 53.8 Å². The number of benzene rings is 2. The SMILES string of the molecule is C[C@H](N(Cc1ccc(F)cc1)C(=O)CN1C(=O)O[C@@]2(CCc3cc(-c4cncc(CC(F)(F)F)c4)ccc32)C1=O)C(F)(F)F. The van der Waals surface area contributed by atoms with Crippen molar-refractivity contribution >= 4 is 17.9 Å². The van der Waals surface area contributed by atoms with Crippen molar-refractivity contribution < 1.29 is 49.9 Å². The molecule has 1 fully saturated rings. The number of amides is 3. The van der Waals surface area contributed by atoms with Gasteiger partial charge in [-0.25, -0.2) is 14.1 Å². The maximum Gasteiger partial charge on any atom is 0.418 e. The summed E-state index contributed by atoms with van der Waals surface area (Å²) in [6, 6.07) is 8.22. The zero-order valence-electron chi connectivity index (χ0n) is 23.0. The summed E-state index contributed by atoms with van der Waals surface area (Å²) in [5.41, 5.74) is 0.139. The summed E-state index contributed by atoms with van der Waals surface area (Å²) in [7, 11) is 0. The number of fused-ring (bicyclic) bond motifs is 2. The standard InChI is InChI=1S/C30H24F7N3O4/c1-17(30(35,36)37)39(15-18-2-5-23(31)6-3-18)25(41)16-40-26(42)28(44-27(40)43)9-8-21-11-20(4-7-24(21)28)22-10-19(13-38-14-22)12-29(32,33)34/h2-7,10-11,13-14,17H,8-9,12,15-16H2,1H3/t17-,28+/m0/s1. The highest BCUT2D eigenvalue weighted by Gasteiger charge is 2.58. The quantitative estimate of drug-likeness (QED) is 0.298. The second kappa shape index (κ2) is 11.2. The van der Waals surface area contributed by atoms with Gasteiger partial charge in [0.05, 0.1) is 6.42 Å². The molecule has 5 rings (SSSR count). The summed E-state index contributed by atoms with van der Waals surface area (Å²) >= 11 is 0. The van der Waals surface area contributed by atoms with Crippen LogP contribution in [0.2, 0.25) is 0 Å². The number of imide groups is 1. The van der Waals surface area contributed by atoms with E-state index < -0.39 is 67.2 Å². The van der Waals surface area contributed by atoms with E-state index in [0.29, 0.717) is 32.1 Å². The van der Waals surface area contributed by atoms with Gasteiger partial charge < -0.3 is 9.64 Å². The van der Waals surface area contributed by atoms with E-state index in [1.807, 2.05) is 0 Å². The smallest absolute Gasteiger partial charge is 0.418 e. The molecule has 1 spiro atoms. The number of hydrogen-bond acceptors (Lipinski definition) is 5. The molecular weight excluding hydrogens is 599 g/mol. The first-order valence-corrected chi connectivity index (χ1v) is 13.4. The number of nitrogens with zero attached hydrogens (tertiary/aromatic N) is 3. The minimum Gasteiger partial charge on any atom is -0.427 e. The highest BCUT2D eigenvalue weighted by molar-refractivity contribution is 6.06. The van der Waals surface area contributed by atoms with Gasteiger partial charge in [-0.2, -0.15) is 26.3 Å². The van der Waals surface area contributed by atoms with E-state index in [2.05, 4.69) is 4.98 Å². The Morgan fingerprint density at radius 2 is 1.70 bits per heavy atom. The number of alkyl halides is 6. The molecular formula is C30H24F7N3O4. The molecule has 1 aromatic heterocycles. The Balaban J connectivity index is 1.37. The second-order valence-corrected chi connectivity index (χ2v) is 10.7. The van der Waals surface area contributed by atoms with Gasteiger partial charge >= 0.3 is 18.4 Å². The van der Waals surface area contributed by atoms with Crippen LogP contribution in [0.5, 0.6) is 0 Å². The molecule has 232 valence electrons. The molecule has 2 heterocycles. The molecule has 0 radical (unpaired) electrons. The lowest BCUT2D eigenvalue weighted by Crippen LogP contribution is -2.51. The van der Waals surface area contributed by atoms with Crippen LogP contribution in [0.1, 0.15) is 35.6 Å². The molecule has 1 aliphatic heterocycles. The van der Waals surface area contributed by atoms with E-state index in [1.54, 1.807) is 6.07 Å². The molecule has 3 aromatic rings.